The SMILES string of the molecule is CN/C(=N\C(CCC1=CCCC=C1)c1ccccc1)c1ccc(-c2ccc3c(c2)c2c(n3-c3ccc(C4=C5OC6=C(CCC=C6)C5CC(C#N)=C4)cc3)C=CCC2)cc1. The molecule has 0 spiro atoms. The highest BCUT2D eigenvalue weighted by Gasteiger charge is 2.37. The van der Waals surface area contributed by atoms with E-state index in [1.165, 1.54) is 50.0 Å². The van der Waals surface area contributed by atoms with E-state index in [0.717, 1.165) is 103 Å². The third kappa shape index (κ3) is 7.04. The number of allylic oxidation sites excluding steroid dienone is 11. The number of hydrogen-bond donors (Lipinski definition) is 1. The maximum absolute atomic E-state index is 9.97. The van der Waals surface area contributed by atoms with Crippen LogP contribution in [0, 0.1) is 17.2 Å². The average Bonchev–Trinajstić information content (AvgIpc) is 3.85. The quantitative estimate of drug-likeness (QED) is 0.120. The number of fused-ring (bicyclic) bond motifs is 5. The van der Waals surface area contributed by atoms with Crippen LogP contribution in [0.5, 0.6) is 0 Å². The Balaban J connectivity index is 0.943. The molecule has 0 saturated heterocycles. The number of nitrogens with one attached hydrogen (secondary N) is 1. The van der Waals surface area contributed by atoms with E-state index in [2.05, 4.69) is 156 Å². The Morgan fingerprint density at radius 3 is 2.42 bits per heavy atom. The van der Waals surface area contributed by atoms with Crippen molar-refractivity contribution in [3.8, 4) is 22.9 Å². The highest BCUT2D eigenvalue weighted by atomic mass is 16.5. The summed E-state index contributed by atoms with van der Waals surface area (Å²) in [4.78, 5) is 5.33. The van der Waals surface area contributed by atoms with Gasteiger partial charge in [-0.25, -0.2) is 0 Å². The second-order valence-electron chi connectivity index (χ2n) is 16.2. The Kier molecular flexibility index (Phi) is 9.92. The number of benzene rings is 4. The van der Waals surface area contributed by atoms with Crippen molar-refractivity contribution >= 4 is 28.4 Å². The van der Waals surface area contributed by atoms with Crippen LogP contribution in [0.4, 0.5) is 0 Å². The molecule has 5 nitrogen and oxygen atoms in total. The lowest BCUT2D eigenvalue weighted by Crippen LogP contribution is -2.21. The van der Waals surface area contributed by atoms with Gasteiger partial charge in [0.25, 0.3) is 0 Å². The molecule has 2 heterocycles. The van der Waals surface area contributed by atoms with E-state index in [0.29, 0.717) is 0 Å². The molecule has 0 amide bonds. The van der Waals surface area contributed by atoms with Gasteiger partial charge in [0.2, 0.25) is 0 Å². The lowest BCUT2D eigenvalue weighted by molar-refractivity contribution is 0.318. The van der Waals surface area contributed by atoms with E-state index >= 15 is 0 Å². The monoisotopic (exact) mass is 768 g/mol. The predicted octanol–water partition coefficient (Wildman–Crippen LogP) is 12.8. The van der Waals surface area contributed by atoms with Gasteiger partial charge in [-0.05, 0) is 134 Å². The van der Waals surface area contributed by atoms with Crippen molar-refractivity contribution in [2.24, 2.45) is 10.9 Å². The van der Waals surface area contributed by atoms with Crippen molar-refractivity contribution in [1.82, 2.24) is 9.88 Å². The molecule has 5 heteroatoms. The summed E-state index contributed by atoms with van der Waals surface area (Å²) in [6.07, 6.45) is 26.9. The van der Waals surface area contributed by atoms with Crippen LogP contribution in [-0.2, 0) is 11.2 Å². The number of aryl methyl sites for hydroxylation is 1. The third-order valence-corrected chi connectivity index (χ3v) is 12.6. The fourth-order valence-corrected chi connectivity index (χ4v) is 9.62. The summed E-state index contributed by atoms with van der Waals surface area (Å²) in [5.41, 5.74) is 15.4. The van der Waals surface area contributed by atoms with Gasteiger partial charge in [0, 0.05) is 46.4 Å². The van der Waals surface area contributed by atoms with Crippen LogP contribution >= 0.6 is 0 Å². The van der Waals surface area contributed by atoms with Gasteiger partial charge in [0.15, 0.2) is 0 Å². The zero-order valence-electron chi connectivity index (χ0n) is 33.6. The first-order valence-electron chi connectivity index (χ1n) is 21.3. The summed E-state index contributed by atoms with van der Waals surface area (Å²) in [7, 11) is 1.97. The number of nitriles is 1. The minimum absolute atomic E-state index is 0.0597. The molecule has 5 aliphatic rings. The van der Waals surface area contributed by atoms with Gasteiger partial charge in [-0.15, -0.1) is 0 Å². The fraction of sp³-hybridized carbons (Fsp3) is 0.222. The van der Waals surface area contributed by atoms with E-state index in [4.69, 9.17) is 9.73 Å². The fourth-order valence-electron chi connectivity index (χ4n) is 9.62. The molecule has 10 rings (SSSR count). The zero-order chi connectivity index (χ0) is 39.7. The van der Waals surface area contributed by atoms with Crippen molar-refractivity contribution in [1.29, 1.82) is 5.26 Å². The number of ether oxygens (including phenoxy) is 1. The van der Waals surface area contributed by atoms with Crippen LogP contribution < -0.4 is 5.32 Å². The molecule has 2 unspecified atom stereocenters. The first-order valence-corrected chi connectivity index (χ1v) is 21.3. The Hall–Kier alpha value is -6.64. The van der Waals surface area contributed by atoms with Crippen LogP contribution in [-0.4, -0.2) is 17.5 Å². The second-order valence-corrected chi connectivity index (χ2v) is 16.2. The predicted molar refractivity (Wildman–Crippen MR) is 242 cm³/mol. The van der Waals surface area contributed by atoms with Crippen LogP contribution in [0.25, 0.3) is 39.4 Å². The summed E-state index contributed by atoms with van der Waals surface area (Å²) < 4.78 is 8.90. The highest BCUT2D eigenvalue weighted by Crippen LogP contribution is 2.48. The Morgan fingerprint density at radius 1 is 0.847 bits per heavy atom. The first-order chi connectivity index (χ1) is 29.1. The molecule has 1 aromatic heterocycles. The van der Waals surface area contributed by atoms with Crippen LogP contribution in [0.3, 0.4) is 0 Å². The smallest absolute Gasteiger partial charge is 0.128 e. The molecular weight excluding hydrogens is 721 g/mol. The minimum Gasteiger partial charge on any atom is -0.460 e. The lowest BCUT2D eigenvalue weighted by atomic mass is 9.81. The molecule has 59 heavy (non-hydrogen) atoms. The zero-order valence-corrected chi connectivity index (χ0v) is 33.6. The molecule has 0 saturated carbocycles. The van der Waals surface area contributed by atoms with Crippen molar-refractivity contribution in [2.75, 3.05) is 7.05 Å². The van der Waals surface area contributed by atoms with Gasteiger partial charge in [0.05, 0.1) is 17.6 Å². The number of hydrogen-bond acceptors (Lipinski definition) is 3. The second kappa shape index (κ2) is 16.0. The minimum atomic E-state index is 0.0597. The molecular formula is C54H48N4O. The van der Waals surface area contributed by atoms with Crippen LogP contribution in [0.15, 0.2) is 173 Å². The number of aliphatic imine (C=N–C) groups is 1. The number of nitrogens with zero attached hydrogens (tertiary/aromatic N) is 3. The molecule has 4 aliphatic carbocycles. The van der Waals surface area contributed by atoms with Gasteiger partial charge in [-0.1, -0.05) is 109 Å². The molecule has 0 bridgehead atoms. The molecule has 290 valence electrons. The topological polar surface area (TPSA) is 62.3 Å². The Bertz CT molecular complexity index is 2740. The summed E-state index contributed by atoms with van der Waals surface area (Å²) in [5, 5.41) is 14.7. The van der Waals surface area contributed by atoms with E-state index in [1.807, 2.05) is 13.1 Å². The van der Waals surface area contributed by atoms with E-state index in [9.17, 15) is 5.26 Å². The highest BCUT2D eigenvalue weighted by molar-refractivity contribution is 5.99. The van der Waals surface area contributed by atoms with Gasteiger partial charge in [-0.3, -0.25) is 4.99 Å². The van der Waals surface area contributed by atoms with Crippen LogP contribution in [0.2, 0.25) is 0 Å². The normalized spacial score (nSPS) is 18.8. The number of amidine groups is 1. The van der Waals surface area contributed by atoms with E-state index in [-0.39, 0.29) is 12.0 Å². The van der Waals surface area contributed by atoms with Crippen molar-refractivity contribution in [3.63, 3.8) is 0 Å². The van der Waals surface area contributed by atoms with Crippen LogP contribution in [0.1, 0.15) is 85.4 Å². The summed E-state index contributed by atoms with van der Waals surface area (Å²) >= 11 is 0. The van der Waals surface area contributed by atoms with Crippen molar-refractivity contribution in [3.05, 3.63) is 196 Å². The maximum atomic E-state index is 9.97. The molecule has 5 aromatic rings. The average molecular weight is 769 g/mol. The Morgan fingerprint density at radius 2 is 1.63 bits per heavy atom. The molecule has 0 fully saturated rings. The largest absolute Gasteiger partial charge is 0.460 e. The molecule has 4 aromatic carbocycles. The summed E-state index contributed by atoms with van der Waals surface area (Å²) in [6, 6.07) is 37.8. The molecule has 0 radical (unpaired) electrons. The standard InChI is InChI=1S/C54H48N4O/c1-56-54(57-49(40-14-6-3-7-15-40)30-20-36-12-4-2-5-13-36)41-23-21-38(22-24-41)42-27-31-51-47(34-42)44-16-8-10-18-50(44)58(51)43-28-25-39(26-29-43)46-32-37(35-55)33-48-45-17-9-11-19-52(45)59-53(46)48/h3-4,6-7,10-15,18-19,21-29,31-32,34,48-49H,2,5,8-9,16-17,20,30,33H2,1H3,(H,56,57). The number of rotatable bonds is 9. The maximum Gasteiger partial charge on any atom is 0.128 e. The lowest BCUT2D eigenvalue weighted by Gasteiger charge is -2.22. The number of aromatic nitrogens is 1. The molecule has 1 aliphatic heterocycles. The summed E-state index contributed by atoms with van der Waals surface area (Å²) in [6.45, 7) is 0. The molecule has 2 atom stereocenters. The van der Waals surface area contributed by atoms with Gasteiger partial charge >= 0.3 is 0 Å². The van der Waals surface area contributed by atoms with Gasteiger partial charge < -0.3 is 14.6 Å². The van der Waals surface area contributed by atoms with E-state index < -0.39 is 0 Å². The first kappa shape index (κ1) is 36.7. The van der Waals surface area contributed by atoms with Crippen molar-refractivity contribution in [2.45, 2.75) is 63.8 Å². The van der Waals surface area contributed by atoms with Gasteiger partial charge in [0.1, 0.15) is 17.4 Å². The third-order valence-electron chi connectivity index (χ3n) is 12.6. The molecule has 1 N–H and O–H groups in total. The summed E-state index contributed by atoms with van der Waals surface area (Å²) in [5.74, 6) is 3.03. The van der Waals surface area contributed by atoms with Crippen molar-refractivity contribution < 1.29 is 4.74 Å². The van der Waals surface area contributed by atoms with Gasteiger partial charge in [-0.2, -0.15) is 5.26 Å². The van der Waals surface area contributed by atoms with E-state index in [1.54, 1.807) is 0 Å². The Labute approximate surface area is 347 Å².